The lowest BCUT2D eigenvalue weighted by Gasteiger charge is -2.28. The predicted octanol–water partition coefficient (Wildman–Crippen LogP) is 3.62. The van der Waals surface area contributed by atoms with Crippen LogP contribution in [-0.4, -0.2) is 29.5 Å². The van der Waals surface area contributed by atoms with Gasteiger partial charge in [-0.15, -0.1) is 11.8 Å². The zero-order chi connectivity index (χ0) is 14.1. The Balaban J connectivity index is 2.31. The van der Waals surface area contributed by atoms with Crippen LogP contribution in [0.3, 0.4) is 0 Å². The molecular formula is C16H27NOS. The smallest absolute Gasteiger partial charge is 0.0610 e. The van der Waals surface area contributed by atoms with Gasteiger partial charge in [0.15, 0.2) is 0 Å². The van der Waals surface area contributed by atoms with Crippen molar-refractivity contribution in [3.8, 4) is 0 Å². The van der Waals surface area contributed by atoms with Gasteiger partial charge in [0.1, 0.15) is 0 Å². The number of aryl methyl sites for hydroxylation is 1. The van der Waals surface area contributed by atoms with Crippen LogP contribution in [0.5, 0.6) is 0 Å². The van der Waals surface area contributed by atoms with Gasteiger partial charge in [0.05, 0.1) is 6.61 Å². The van der Waals surface area contributed by atoms with Gasteiger partial charge in [-0.3, -0.25) is 0 Å². The molecule has 3 heteroatoms. The van der Waals surface area contributed by atoms with Crippen molar-refractivity contribution in [3.05, 3.63) is 29.8 Å². The van der Waals surface area contributed by atoms with E-state index in [0.29, 0.717) is 0 Å². The summed E-state index contributed by atoms with van der Waals surface area (Å²) in [5.74, 6) is 1.11. The molecule has 1 aromatic rings. The number of thioether (sulfide) groups is 1. The second-order valence-corrected chi connectivity index (χ2v) is 6.50. The normalized spacial score (nSPS) is 14.3. The fraction of sp³-hybridized carbons (Fsp3) is 0.625. The first-order valence-corrected chi connectivity index (χ1v) is 8.14. The van der Waals surface area contributed by atoms with Crippen LogP contribution in [0.2, 0.25) is 0 Å². The molecule has 1 rings (SSSR count). The molecule has 0 amide bonds. The van der Waals surface area contributed by atoms with Crippen molar-refractivity contribution in [2.24, 2.45) is 0 Å². The van der Waals surface area contributed by atoms with Crippen molar-refractivity contribution in [1.29, 1.82) is 0 Å². The van der Waals surface area contributed by atoms with Crippen LogP contribution in [0.25, 0.3) is 0 Å². The van der Waals surface area contributed by atoms with E-state index in [4.69, 9.17) is 0 Å². The maximum absolute atomic E-state index is 9.50. The third-order valence-corrected chi connectivity index (χ3v) is 4.64. The maximum atomic E-state index is 9.50. The van der Waals surface area contributed by atoms with E-state index in [2.05, 4.69) is 50.4 Å². The lowest BCUT2D eigenvalue weighted by atomic mass is 9.97. The number of hydrogen-bond acceptors (Lipinski definition) is 3. The summed E-state index contributed by atoms with van der Waals surface area (Å²) in [6.45, 7) is 7.60. The molecular weight excluding hydrogens is 254 g/mol. The molecule has 108 valence electrons. The Kier molecular flexibility index (Phi) is 7.51. The maximum Gasteiger partial charge on any atom is 0.0610 e. The van der Waals surface area contributed by atoms with Crippen molar-refractivity contribution in [2.45, 2.75) is 50.5 Å². The topological polar surface area (TPSA) is 32.3 Å². The van der Waals surface area contributed by atoms with Gasteiger partial charge in [0.25, 0.3) is 0 Å². The Morgan fingerprint density at radius 2 is 2.05 bits per heavy atom. The van der Waals surface area contributed by atoms with Gasteiger partial charge in [0.2, 0.25) is 0 Å². The molecule has 0 aliphatic heterocycles. The molecule has 0 bridgehead atoms. The zero-order valence-electron chi connectivity index (χ0n) is 12.4. The fourth-order valence-electron chi connectivity index (χ4n) is 2.01. The van der Waals surface area contributed by atoms with Crippen molar-refractivity contribution in [2.75, 3.05) is 18.9 Å². The first-order chi connectivity index (χ1) is 9.11. The minimum Gasteiger partial charge on any atom is -0.394 e. The van der Waals surface area contributed by atoms with Crippen molar-refractivity contribution >= 4 is 11.8 Å². The van der Waals surface area contributed by atoms with Crippen LogP contribution in [0.15, 0.2) is 29.2 Å². The second kappa shape index (κ2) is 8.62. The molecule has 0 aromatic heterocycles. The highest BCUT2D eigenvalue weighted by Gasteiger charge is 2.21. The van der Waals surface area contributed by atoms with Gasteiger partial charge in [-0.05, 0) is 57.0 Å². The number of benzene rings is 1. The number of aliphatic hydroxyl groups excluding tert-OH is 1. The molecule has 1 aromatic carbocycles. The second-order valence-electron chi connectivity index (χ2n) is 5.36. The van der Waals surface area contributed by atoms with E-state index >= 15 is 0 Å². The number of aliphatic hydroxyl groups is 1. The summed E-state index contributed by atoms with van der Waals surface area (Å²) in [6.07, 6.45) is 3.24. The molecule has 0 heterocycles. The molecule has 0 saturated heterocycles. The van der Waals surface area contributed by atoms with E-state index < -0.39 is 0 Å². The molecule has 0 saturated carbocycles. The van der Waals surface area contributed by atoms with Gasteiger partial charge >= 0.3 is 0 Å². The highest BCUT2D eigenvalue weighted by Crippen LogP contribution is 2.24. The highest BCUT2D eigenvalue weighted by atomic mass is 32.2. The summed E-state index contributed by atoms with van der Waals surface area (Å²) in [6, 6.07) is 8.51. The molecule has 1 atom stereocenters. The molecule has 2 N–H and O–H groups in total. The predicted molar refractivity (Wildman–Crippen MR) is 84.9 cm³/mol. The molecule has 0 fully saturated rings. The molecule has 0 aliphatic carbocycles. The minimum atomic E-state index is -0.123. The third kappa shape index (κ3) is 5.98. The van der Waals surface area contributed by atoms with Crippen molar-refractivity contribution in [1.82, 2.24) is 5.32 Å². The summed E-state index contributed by atoms with van der Waals surface area (Å²) in [4.78, 5) is 1.37. The molecule has 0 aliphatic rings. The van der Waals surface area contributed by atoms with Gasteiger partial charge in [-0.25, -0.2) is 0 Å². The van der Waals surface area contributed by atoms with E-state index in [1.807, 2.05) is 11.8 Å². The van der Waals surface area contributed by atoms with E-state index in [0.717, 1.165) is 31.6 Å². The Morgan fingerprint density at radius 1 is 1.32 bits per heavy atom. The summed E-state index contributed by atoms with van der Waals surface area (Å²) < 4.78 is 0. The lowest BCUT2D eigenvalue weighted by molar-refractivity contribution is 0.165. The van der Waals surface area contributed by atoms with Gasteiger partial charge in [-0.1, -0.05) is 25.1 Å². The SMILES string of the molecule is CCCNC(C)(CO)CCCSc1ccccc1C. The summed E-state index contributed by atoms with van der Waals surface area (Å²) in [5, 5.41) is 12.9. The van der Waals surface area contributed by atoms with Crippen LogP contribution in [0, 0.1) is 6.92 Å². The van der Waals surface area contributed by atoms with E-state index in [1.165, 1.54) is 10.5 Å². The van der Waals surface area contributed by atoms with Gasteiger partial charge < -0.3 is 10.4 Å². The summed E-state index contributed by atoms with van der Waals surface area (Å²) >= 11 is 1.91. The van der Waals surface area contributed by atoms with E-state index in [1.54, 1.807) is 0 Å². The largest absolute Gasteiger partial charge is 0.394 e. The molecule has 1 unspecified atom stereocenters. The minimum absolute atomic E-state index is 0.123. The van der Waals surface area contributed by atoms with Gasteiger partial charge in [0, 0.05) is 10.4 Å². The standard InChI is InChI=1S/C16H27NOS/c1-4-11-17-16(3,13-18)10-7-12-19-15-9-6-5-8-14(15)2/h5-6,8-9,17-18H,4,7,10-13H2,1-3H3. The van der Waals surface area contributed by atoms with Crippen LogP contribution in [0.1, 0.15) is 38.7 Å². The third-order valence-electron chi connectivity index (χ3n) is 3.37. The van der Waals surface area contributed by atoms with Crippen LogP contribution in [0.4, 0.5) is 0 Å². The number of nitrogens with one attached hydrogen (secondary N) is 1. The molecule has 2 nitrogen and oxygen atoms in total. The number of hydrogen-bond donors (Lipinski definition) is 2. The van der Waals surface area contributed by atoms with E-state index in [-0.39, 0.29) is 12.1 Å². The van der Waals surface area contributed by atoms with Crippen LogP contribution < -0.4 is 5.32 Å². The van der Waals surface area contributed by atoms with Crippen LogP contribution >= 0.6 is 11.8 Å². The van der Waals surface area contributed by atoms with Crippen molar-refractivity contribution < 1.29 is 5.11 Å². The van der Waals surface area contributed by atoms with Gasteiger partial charge in [-0.2, -0.15) is 0 Å². The summed E-state index contributed by atoms with van der Waals surface area (Å²) in [7, 11) is 0. The zero-order valence-corrected chi connectivity index (χ0v) is 13.2. The first kappa shape index (κ1) is 16.5. The monoisotopic (exact) mass is 281 g/mol. The highest BCUT2D eigenvalue weighted by molar-refractivity contribution is 7.99. The van der Waals surface area contributed by atoms with Crippen LogP contribution in [-0.2, 0) is 0 Å². The Morgan fingerprint density at radius 3 is 2.68 bits per heavy atom. The average Bonchev–Trinajstić information content (AvgIpc) is 2.43. The molecule has 0 radical (unpaired) electrons. The molecule has 0 spiro atoms. The Labute approximate surface area is 122 Å². The average molecular weight is 281 g/mol. The Bertz CT molecular complexity index is 370. The van der Waals surface area contributed by atoms with Crippen molar-refractivity contribution in [3.63, 3.8) is 0 Å². The molecule has 19 heavy (non-hydrogen) atoms. The Hall–Kier alpha value is -0.510. The number of rotatable bonds is 9. The van der Waals surface area contributed by atoms with E-state index in [9.17, 15) is 5.11 Å². The summed E-state index contributed by atoms with van der Waals surface area (Å²) in [5.41, 5.74) is 1.23. The fourth-order valence-corrected chi connectivity index (χ4v) is 2.99. The first-order valence-electron chi connectivity index (χ1n) is 7.15. The lowest BCUT2D eigenvalue weighted by Crippen LogP contribution is -2.46. The quantitative estimate of drug-likeness (QED) is 0.535.